The lowest BCUT2D eigenvalue weighted by Crippen LogP contribution is -2.38. The quantitative estimate of drug-likeness (QED) is 0.157. The molecule has 0 saturated carbocycles. The van der Waals surface area contributed by atoms with Gasteiger partial charge in [0.25, 0.3) is 10.0 Å². The largest absolute Gasteiger partial charge is 0.375 e. The van der Waals surface area contributed by atoms with Crippen molar-refractivity contribution in [1.82, 2.24) is 9.14 Å². The Morgan fingerprint density at radius 1 is 0.763 bits per heavy atom. The fourth-order valence-corrected chi connectivity index (χ4v) is 5.96. The molecule has 0 bridgehead atoms. The third-order valence-corrected chi connectivity index (χ3v) is 8.69. The predicted octanol–water partition coefficient (Wildman–Crippen LogP) is 6.74. The molecular weight excluding hydrogens is 516 g/mol. The lowest BCUT2D eigenvalue weighted by molar-refractivity contribution is 0.118. The lowest BCUT2D eigenvalue weighted by Gasteiger charge is -2.33. The number of nitrogens with zero attached hydrogens (tertiary/aromatic N) is 1. The van der Waals surface area contributed by atoms with Crippen LogP contribution in [0.3, 0.4) is 0 Å². The summed E-state index contributed by atoms with van der Waals surface area (Å²) in [5.41, 5.74) is 4.98. The second kappa shape index (κ2) is 13.2. The van der Waals surface area contributed by atoms with Crippen molar-refractivity contribution in [2.45, 2.75) is 37.4 Å². The van der Waals surface area contributed by atoms with Crippen molar-refractivity contribution < 1.29 is 13.2 Å². The van der Waals surface area contributed by atoms with E-state index in [4.69, 9.17) is 16.5 Å². The molecule has 2 atom stereocenters. The monoisotopic (exact) mass is 548 g/mol. The van der Waals surface area contributed by atoms with Gasteiger partial charge >= 0.3 is 0 Å². The highest BCUT2D eigenvalue weighted by Crippen LogP contribution is 2.39. The first-order chi connectivity index (χ1) is 18.4. The number of benzene rings is 4. The summed E-state index contributed by atoms with van der Waals surface area (Å²) in [6.45, 7) is 5.43. The average molecular weight is 549 g/mol. The van der Waals surface area contributed by atoms with Crippen molar-refractivity contribution in [3.8, 4) is 0 Å². The number of nitrogens with one attached hydrogen (secondary N) is 1. The molecule has 0 spiro atoms. The molecule has 0 radical (unpaired) electrons. The molecule has 4 aromatic carbocycles. The highest BCUT2D eigenvalue weighted by atomic mass is 35.5. The Labute approximate surface area is 231 Å². The number of sulfonamides is 1. The van der Waals surface area contributed by atoms with Gasteiger partial charge in [-0.15, -0.1) is 3.82 Å². The van der Waals surface area contributed by atoms with Gasteiger partial charge in [0, 0.05) is 6.54 Å². The minimum Gasteiger partial charge on any atom is -0.375 e. The Balaban J connectivity index is 1.60. The van der Waals surface area contributed by atoms with Crippen LogP contribution in [0.2, 0.25) is 0 Å². The molecule has 0 amide bonds. The van der Waals surface area contributed by atoms with Gasteiger partial charge in [-0.25, -0.2) is 8.42 Å². The lowest BCUT2D eigenvalue weighted by atomic mass is 9.94. The van der Waals surface area contributed by atoms with Crippen LogP contribution in [0.1, 0.15) is 39.9 Å². The molecule has 0 unspecified atom stereocenters. The summed E-state index contributed by atoms with van der Waals surface area (Å²) in [7, 11) is -4.00. The smallest absolute Gasteiger partial charge is 0.257 e. The van der Waals surface area contributed by atoms with Gasteiger partial charge in [0.2, 0.25) is 0 Å². The topological polar surface area (TPSA) is 58.6 Å². The molecule has 5 nitrogen and oxygen atoms in total. The molecule has 0 aliphatic heterocycles. The van der Waals surface area contributed by atoms with Gasteiger partial charge in [-0.1, -0.05) is 108 Å². The first kappa shape index (κ1) is 28.0. The normalized spacial score (nSPS) is 13.4. The summed E-state index contributed by atoms with van der Waals surface area (Å²) in [6, 6.07) is 33.1. The highest BCUT2D eigenvalue weighted by molar-refractivity contribution is 7.90. The van der Waals surface area contributed by atoms with Crippen LogP contribution in [0.15, 0.2) is 114 Å². The maximum atomic E-state index is 13.7. The van der Waals surface area contributed by atoms with E-state index in [9.17, 15) is 8.42 Å². The van der Waals surface area contributed by atoms with E-state index in [0.717, 1.165) is 26.1 Å². The van der Waals surface area contributed by atoms with E-state index < -0.39 is 22.1 Å². The molecule has 7 heteroatoms. The molecule has 4 aromatic rings. The predicted molar refractivity (Wildman–Crippen MR) is 153 cm³/mol. The molecule has 198 valence electrons. The molecule has 0 fully saturated rings. The van der Waals surface area contributed by atoms with E-state index in [0.29, 0.717) is 19.8 Å². The molecule has 0 aliphatic carbocycles. The van der Waals surface area contributed by atoms with E-state index in [2.05, 4.69) is 36.5 Å². The average Bonchev–Trinajstić information content (AvgIpc) is 2.94. The minimum atomic E-state index is -4.00. The van der Waals surface area contributed by atoms with Crippen LogP contribution < -0.4 is 5.32 Å². The fourth-order valence-electron chi connectivity index (χ4n) is 4.27. The van der Waals surface area contributed by atoms with E-state index in [1.807, 2.05) is 67.6 Å². The van der Waals surface area contributed by atoms with Crippen molar-refractivity contribution in [3.05, 3.63) is 137 Å². The van der Waals surface area contributed by atoms with Crippen LogP contribution in [0.4, 0.5) is 0 Å². The summed E-state index contributed by atoms with van der Waals surface area (Å²) in [5, 5.41) is 3.53. The number of hydrogen-bond donors (Lipinski definition) is 1. The maximum absolute atomic E-state index is 13.7. The number of aryl methyl sites for hydroxylation is 2. The Kier molecular flexibility index (Phi) is 9.72. The molecule has 1 N–H and O–H groups in total. The van der Waals surface area contributed by atoms with Crippen LogP contribution in [0.5, 0.6) is 0 Å². The molecule has 4 rings (SSSR count). The Hall–Kier alpha value is -3.00. The van der Waals surface area contributed by atoms with Crippen LogP contribution in [-0.4, -0.2) is 25.4 Å². The molecule has 0 heterocycles. The SMILES string of the molecule is Cc1ccc(COCCN[C@@H](c2ccccc2)[C@H](c2ccccc2)N(Cl)S(=O)(=O)c2ccc(C)cc2)cc1. The number of hydrogen-bond acceptors (Lipinski definition) is 4. The third-order valence-electron chi connectivity index (χ3n) is 6.38. The van der Waals surface area contributed by atoms with Gasteiger partial charge in [-0.2, -0.15) is 0 Å². The molecule has 0 aromatic heterocycles. The van der Waals surface area contributed by atoms with Gasteiger partial charge in [-0.05, 0) is 54.4 Å². The standard InChI is InChI=1S/C31H33ClN2O3S/c1-24-13-17-26(18-14-24)23-37-22-21-33-30(27-9-5-3-6-10-27)31(28-11-7-4-8-12-28)34(32)38(35,36)29-19-15-25(2)16-20-29/h3-20,30-31,33H,21-23H2,1-2H3/t30-,31-/m0/s1. The Bertz CT molecular complexity index is 1380. The van der Waals surface area contributed by atoms with Gasteiger partial charge in [0.05, 0.1) is 30.2 Å². The van der Waals surface area contributed by atoms with Gasteiger partial charge in [0.1, 0.15) is 0 Å². The highest BCUT2D eigenvalue weighted by Gasteiger charge is 2.37. The summed E-state index contributed by atoms with van der Waals surface area (Å²) >= 11 is 6.80. The minimum absolute atomic E-state index is 0.146. The number of halogens is 1. The van der Waals surface area contributed by atoms with E-state index in [1.165, 1.54) is 5.56 Å². The first-order valence-corrected chi connectivity index (χ1v) is 14.4. The maximum Gasteiger partial charge on any atom is 0.257 e. The summed E-state index contributed by atoms with van der Waals surface area (Å²) < 4.78 is 34.3. The van der Waals surface area contributed by atoms with Crippen molar-refractivity contribution in [1.29, 1.82) is 0 Å². The first-order valence-electron chi connectivity index (χ1n) is 12.6. The number of ether oxygens (including phenoxy) is 1. The zero-order valence-corrected chi connectivity index (χ0v) is 23.2. The zero-order chi connectivity index (χ0) is 27.0. The second-order valence-electron chi connectivity index (χ2n) is 9.30. The fraction of sp³-hybridized carbons (Fsp3) is 0.226. The Morgan fingerprint density at radius 3 is 1.87 bits per heavy atom. The van der Waals surface area contributed by atoms with Gasteiger partial charge in [0.15, 0.2) is 0 Å². The van der Waals surface area contributed by atoms with Crippen molar-refractivity contribution in [2.24, 2.45) is 0 Å². The van der Waals surface area contributed by atoms with Crippen LogP contribution >= 0.6 is 11.8 Å². The van der Waals surface area contributed by atoms with Crippen molar-refractivity contribution in [2.75, 3.05) is 13.2 Å². The van der Waals surface area contributed by atoms with E-state index in [1.54, 1.807) is 24.3 Å². The molecule has 0 saturated heterocycles. The molecular formula is C31H33ClN2O3S. The van der Waals surface area contributed by atoms with Crippen LogP contribution in [-0.2, 0) is 21.4 Å². The van der Waals surface area contributed by atoms with E-state index >= 15 is 0 Å². The second-order valence-corrected chi connectivity index (χ2v) is 11.7. The summed E-state index contributed by atoms with van der Waals surface area (Å²) in [4.78, 5) is 0.146. The van der Waals surface area contributed by atoms with Crippen LogP contribution in [0.25, 0.3) is 0 Å². The number of rotatable bonds is 12. The van der Waals surface area contributed by atoms with Crippen LogP contribution in [0, 0.1) is 13.8 Å². The van der Waals surface area contributed by atoms with E-state index in [-0.39, 0.29) is 4.90 Å². The van der Waals surface area contributed by atoms with Gasteiger partial charge < -0.3 is 10.1 Å². The third kappa shape index (κ3) is 7.10. The zero-order valence-electron chi connectivity index (χ0n) is 21.6. The summed E-state index contributed by atoms with van der Waals surface area (Å²) in [5.74, 6) is 0. The molecule has 38 heavy (non-hydrogen) atoms. The summed E-state index contributed by atoms with van der Waals surface area (Å²) in [6.07, 6.45) is 0. The van der Waals surface area contributed by atoms with Crippen molar-refractivity contribution >= 4 is 21.8 Å². The van der Waals surface area contributed by atoms with Gasteiger partial charge in [-0.3, -0.25) is 0 Å². The molecule has 0 aliphatic rings. The van der Waals surface area contributed by atoms with Crippen molar-refractivity contribution in [3.63, 3.8) is 0 Å². The Morgan fingerprint density at radius 2 is 1.29 bits per heavy atom.